The Labute approximate surface area is 160 Å². The lowest BCUT2D eigenvalue weighted by Crippen LogP contribution is -2.20. The molecule has 0 aliphatic carbocycles. The highest BCUT2D eigenvalue weighted by atomic mass is 32.1. The second-order valence-electron chi connectivity index (χ2n) is 5.97. The summed E-state index contributed by atoms with van der Waals surface area (Å²) in [6, 6.07) is 9.35. The Balaban J connectivity index is 1.82. The molecule has 1 atom stereocenters. The summed E-state index contributed by atoms with van der Waals surface area (Å²) in [7, 11) is 0. The van der Waals surface area contributed by atoms with Gasteiger partial charge in [-0.15, -0.1) is 0 Å². The van der Waals surface area contributed by atoms with Crippen LogP contribution in [0.15, 0.2) is 44.6 Å². The maximum atomic E-state index is 12.1. The summed E-state index contributed by atoms with van der Waals surface area (Å²) in [4.78, 5) is 23.1. The predicted octanol–water partition coefficient (Wildman–Crippen LogP) is 3.25. The Kier molecular flexibility index (Phi) is 5.60. The normalized spacial score (nSPS) is 12.5. The van der Waals surface area contributed by atoms with Crippen molar-refractivity contribution in [3.63, 3.8) is 0 Å². The lowest BCUT2D eigenvalue weighted by Gasteiger charge is -2.16. The van der Waals surface area contributed by atoms with Crippen LogP contribution in [-0.4, -0.2) is 31.0 Å². The van der Waals surface area contributed by atoms with Crippen molar-refractivity contribution >= 4 is 18.4 Å². The van der Waals surface area contributed by atoms with Crippen LogP contribution in [0.25, 0.3) is 11.4 Å². The molecule has 2 N–H and O–H groups in total. The van der Waals surface area contributed by atoms with Crippen LogP contribution in [0, 0.1) is 4.77 Å². The van der Waals surface area contributed by atoms with E-state index in [9.17, 15) is 9.90 Å². The SMILES string of the molecule is CC[C@H](C)n1c(O)c(C=NCc2nc(-c3ccccc3)no2)c(=O)[nH]c1=S. The molecule has 0 radical (unpaired) electrons. The number of hydrogen-bond donors (Lipinski definition) is 2. The van der Waals surface area contributed by atoms with Gasteiger partial charge >= 0.3 is 0 Å². The van der Waals surface area contributed by atoms with Crippen molar-refractivity contribution in [3.8, 4) is 17.3 Å². The molecule has 27 heavy (non-hydrogen) atoms. The minimum Gasteiger partial charge on any atom is -0.494 e. The Morgan fingerprint density at radius 2 is 2.15 bits per heavy atom. The van der Waals surface area contributed by atoms with Gasteiger partial charge in [-0.05, 0) is 25.6 Å². The maximum absolute atomic E-state index is 12.1. The van der Waals surface area contributed by atoms with Crippen molar-refractivity contribution in [2.75, 3.05) is 0 Å². The average Bonchev–Trinajstić information content (AvgIpc) is 3.13. The van der Waals surface area contributed by atoms with Gasteiger partial charge in [0.25, 0.3) is 5.56 Å². The molecule has 0 bridgehead atoms. The predicted molar refractivity (Wildman–Crippen MR) is 104 cm³/mol. The first-order valence-electron chi connectivity index (χ1n) is 8.46. The van der Waals surface area contributed by atoms with Gasteiger partial charge < -0.3 is 9.63 Å². The molecule has 9 heteroatoms. The molecule has 2 heterocycles. The van der Waals surface area contributed by atoms with E-state index in [-0.39, 0.29) is 28.8 Å². The number of aromatic nitrogens is 4. The summed E-state index contributed by atoms with van der Waals surface area (Å²) in [6.45, 7) is 3.95. The van der Waals surface area contributed by atoms with Gasteiger partial charge in [0.15, 0.2) is 4.77 Å². The molecule has 3 rings (SSSR count). The monoisotopic (exact) mass is 385 g/mol. The topological polar surface area (TPSA) is 109 Å². The first-order chi connectivity index (χ1) is 13.0. The van der Waals surface area contributed by atoms with Crippen LogP contribution >= 0.6 is 12.2 Å². The summed E-state index contributed by atoms with van der Waals surface area (Å²) < 4.78 is 6.84. The number of aromatic hydroxyl groups is 1. The Morgan fingerprint density at radius 1 is 1.41 bits per heavy atom. The molecule has 0 fully saturated rings. The number of rotatable bonds is 6. The fourth-order valence-corrected chi connectivity index (χ4v) is 2.86. The van der Waals surface area contributed by atoms with Crippen LogP contribution in [0.1, 0.15) is 37.8 Å². The van der Waals surface area contributed by atoms with Gasteiger partial charge in [-0.2, -0.15) is 4.98 Å². The molecule has 8 nitrogen and oxygen atoms in total. The summed E-state index contributed by atoms with van der Waals surface area (Å²) in [5, 5.41) is 14.3. The molecule has 0 spiro atoms. The van der Waals surface area contributed by atoms with Gasteiger partial charge in [-0.25, -0.2) is 0 Å². The van der Waals surface area contributed by atoms with E-state index in [1.807, 2.05) is 44.2 Å². The molecule has 0 saturated carbocycles. The van der Waals surface area contributed by atoms with Crippen molar-refractivity contribution in [2.24, 2.45) is 4.99 Å². The van der Waals surface area contributed by atoms with Gasteiger partial charge in [0.1, 0.15) is 12.1 Å². The third-order valence-corrected chi connectivity index (χ3v) is 4.43. The summed E-state index contributed by atoms with van der Waals surface area (Å²) in [6.07, 6.45) is 2.03. The molecular weight excluding hydrogens is 366 g/mol. The molecule has 0 aliphatic heterocycles. The summed E-state index contributed by atoms with van der Waals surface area (Å²) in [5.41, 5.74) is 0.365. The highest BCUT2D eigenvalue weighted by Crippen LogP contribution is 2.20. The second-order valence-corrected chi connectivity index (χ2v) is 6.36. The highest BCUT2D eigenvalue weighted by Gasteiger charge is 2.14. The van der Waals surface area contributed by atoms with Crippen LogP contribution in [0.5, 0.6) is 5.88 Å². The van der Waals surface area contributed by atoms with Crippen molar-refractivity contribution in [1.82, 2.24) is 19.7 Å². The first kappa shape index (κ1) is 18.7. The minimum atomic E-state index is -0.503. The van der Waals surface area contributed by atoms with Gasteiger partial charge in [0.05, 0.1) is 0 Å². The smallest absolute Gasteiger partial charge is 0.264 e. The quantitative estimate of drug-likeness (QED) is 0.498. The second kappa shape index (κ2) is 8.09. The largest absolute Gasteiger partial charge is 0.494 e. The molecular formula is C18H19N5O3S. The first-order valence-corrected chi connectivity index (χ1v) is 8.87. The third-order valence-electron chi connectivity index (χ3n) is 4.13. The zero-order valence-electron chi connectivity index (χ0n) is 14.9. The Morgan fingerprint density at radius 3 is 2.85 bits per heavy atom. The van der Waals surface area contributed by atoms with Gasteiger partial charge in [0.2, 0.25) is 17.6 Å². The van der Waals surface area contributed by atoms with Crippen molar-refractivity contribution in [1.29, 1.82) is 0 Å². The van der Waals surface area contributed by atoms with E-state index in [0.29, 0.717) is 11.7 Å². The van der Waals surface area contributed by atoms with Crippen LogP contribution in [0.4, 0.5) is 0 Å². The van der Waals surface area contributed by atoms with Crippen LogP contribution < -0.4 is 5.56 Å². The van der Waals surface area contributed by atoms with Crippen LogP contribution in [-0.2, 0) is 6.54 Å². The molecule has 0 saturated heterocycles. The van der Waals surface area contributed by atoms with E-state index < -0.39 is 5.56 Å². The molecule has 0 aliphatic rings. The molecule has 1 aromatic carbocycles. The minimum absolute atomic E-state index is 0.0340. The number of H-pyrrole nitrogens is 1. The zero-order valence-corrected chi connectivity index (χ0v) is 15.7. The molecule has 3 aromatic rings. The van der Waals surface area contributed by atoms with E-state index in [2.05, 4.69) is 20.1 Å². The fourth-order valence-electron chi connectivity index (χ4n) is 2.50. The summed E-state index contributed by atoms with van der Waals surface area (Å²) in [5.74, 6) is 0.555. The van der Waals surface area contributed by atoms with Gasteiger partial charge in [0, 0.05) is 17.8 Å². The molecule has 0 unspecified atom stereocenters. The standard InChI is InChI=1S/C18H19N5O3S/c1-3-11(2)23-17(25)13(16(24)21-18(23)27)9-19-10-14-20-15(22-26-14)12-7-5-4-6-8-12/h4-9,11,25H,3,10H2,1-2H3,(H,21,24,27)/t11-/m0/s1. The number of benzene rings is 1. The van der Waals surface area contributed by atoms with Crippen molar-refractivity contribution in [3.05, 3.63) is 56.9 Å². The number of nitrogens with zero attached hydrogens (tertiary/aromatic N) is 4. The lowest BCUT2D eigenvalue weighted by molar-refractivity contribution is 0.371. The summed E-state index contributed by atoms with van der Waals surface area (Å²) >= 11 is 5.14. The fraction of sp³-hybridized carbons (Fsp3) is 0.278. The number of nitrogens with one attached hydrogen (secondary N) is 1. The third kappa shape index (κ3) is 4.03. The Hall–Kier alpha value is -3.07. The van der Waals surface area contributed by atoms with Crippen molar-refractivity contribution in [2.45, 2.75) is 32.9 Å². The van der Waals surface area contributed by atoms with Crippen molar-refractivity contribution < 1.29 is 9.63 Å². The van der Waals surface area contributed by atoms with Gasteiger partial charge in [-0.1, -0.05) is 42.4 Å². The van der Waals surface area contributed by atoms with E-state index in [0.717, 1.165) is 12.0 Å². The van der Waals surface area contributed by atoms with Gasteiger partial charge in [-0.3, -0.25) is 19.3 Å². The number of hydrogen-bond acceptors (Lipinski definition) is 7. The Bertz CT molecular complexity index is 1070. The molecule has 140 valence electrons. The molecule has 0 amide bonds. The average molecular weight is 385 g/mol. The zero-order chi connectivity index (χ0) is 19.4. The highest BCUT2D eigenvalue weighted by molar-refractivity contribution is 7.71. The van der Waals surface area contributed by atoms with Crippen LogP contribution in [0.3, 0.4) is 0 Å². The lowest BCUT2D eigenvalue weighted by atomic mass is 10.2. The molecule has 2 aromatic heterocycles. The number of aromatic amines is 1. The van der Waals surface area contributed by atoms with Crippen LogP contribution in [0.2, 0.25) is 0 Å². The maximum Gasteiger partial charge on any atom is 0.264 e. The van der Waals surface area contributed by atoms with E-state index in [4.69, 9.17) is 16.7 Å². The van der Waals surface area contributed by atoms with E-state index in [1.165, 1.54) is 10.8 Å². The van der Waals surface area contributed by atoms with E-state index in [1.54, 1.807) is 0 Å². The van der Waals surface area contributed by atoms with E-state index >= 15 is 0 Å². The number of aliphatic imine (C=N–C) groups is 1.